The molecule has 90 heavy (non-hydrogen) atoms. The average molecular weight is 1250 g/mol. The van der Waals surface area contributed by atoms with Crippen LogP contribution in [-0.2, 0) is 72.0 Å². The van der Waals surface area contributed by atoms with Crippen molar-refractivity contribution < 1.29 is 63.0 Å². The van der Waals surface area contributed by atoms with E-state index >= 15 is 0 Å². The van der Waals surface area contributed by atoms with Gasteiger partial charge in [-0.3, -0.25) is 57.7 Å². The summed E-state index contributed by atoms with van der Waals surface area (Å²) in [7, 11) is 0. The first-order valence-electron chi connectivity index (χ1n) is 30.0. The van der Waals surface area contributed by atoms with Crippen molar-refractivity contribution >= 4 is 81.9 Å². The van der Waals surface area contributed by atoms with Gasteiger partial charge in [0, 0.05) is 81.2 Å². The number of aromatic amines is 2. The number of hydrogen-bond acceptors (Lipinski definition) is 14. The number of likely N-dealkylation sites (N-methyl/N-ethyl adjacent to an activating group) is 1. The number of H-pyrrole nitrogens is 2. The van der Waals surface area contributed by atoms with Gasteiger partial charge in [0.15, 0.2) is 5.96 Å². The van der Waals surface area contributed by atoms with Crippen LogP contribution in [-0.4, -0.2) is 169 Å². The molecule has 2 aromatic carbocycles. The Kier molecular flexibility index (Phi) is 27.3. The second-order valence-corrected chi connectivity index (χ2v) is 23.0. The van der Waals surface area contributed by atoms with Crippen molar-refractivity contribution in [3.8, 4) is 5.75 Å². The average Bonchev–Trinajstić information content (AvgIpc) is 1.71. The van der Waals surface area contributed by atoms with Gasteiger partial charge < -0.3 is 84.4 Å². The van der Waals surface area contributed by atoms with Gasteiger partial charge in [-0.25, -0.2) is 4.98 Å². The summed E-state index contributed by atoms with van der Waals surface area (Å²) < 4.78 is 0. The van der Waals surface area contributed by atoms with Gasteiger partial charge in [0.2, 0.25) is 53.2 Å². The number of rotatable bonds is 31. The fourth-order valence-corrected chi connectivity index (χ4v) is 10.3. The third-order valence-corrected chi connectivity index (χ3v) is 14.6. The molecule has 29 nitrogen and oxygen atoms in total. The second-order valence-electron chi connectivity index (χ2n) is 23.0. The van der Waals surface area contributed by atoms with Crippen LogP contribution < -0.4 is 59.3 Å². The normalized spacial score (nSPS) is 16.3. The molecular formula is C61H86N16O13. The zero-order valence-corrected chi connectivity index (χ0v) is 51.6. The minimum atomic E-state index is -1.46. The highest BCUT2D eigenvalue weighted by Gasteiger charge is 2.40. The number of fused-ring (bicyclic) bond motifs is 1. The number of aromatic hydroxyl groups is 1. The summed E-state index contributed by atoms with van der Waals surface area (Å²) in [6.07, 6.45) is 6.03. The topological polar surface area (TPSA) is 449 Å². The molecule has 4 heterocycles. The first kappa shape index (κ1) is 70.9. The molecule has 8 atom stereocenters. The van der Waals surface area contributed by atoms with Crippen molar-refractivity contribution in [1.82, 2.24) is 67.7 Å². The SMILES string of the molecule is C=C(NC(=O)[C@H](Cc1c[nH]c2ccccc12)NC(=O)[C@H](Cc1cnc[nH]1)NC(=O)[C@@H]1CCC(=O)N1)C(=O)N[C@@H](Cc1ccc(O)cc1)C(=O)N[C@H](CC(C)C)C(=O)N[C@@H](CC(C)C)C(=O)N[C@@H](CCCN=C(N)N)C(=O)N1CCC[C@H]1C(=O)NCC.CC(=O)O. The number of aliphatic imine (C=N–C) groups is 1. The Morgan fingerprint density at radius 1 is 0.744 bits per heavy atom. The molecule has 29 heteroatoms. The molecule has 0 unspecified atom stereocenters. The number of phenols is 1. The molecule has 2 fully saturated rings. The number of likely N-dealkylation sites (tertiary alicyclic amines) is 1. The van der Waals surface area contributed by atoms with Crippen molar-refractivity contribution in [2.45, 2.75) is 161 Å². The van der Waals surface area contributed by atoms with Crippen LogP contribution >= 0.6 is 0 Å². The number of para-hydroxylation sites is 1. The number of amides is 10. The maximum atomic E-state index is 14.6. The fraction of sp³-hybridized carbons (Fsp3) is 0.492. The highest BCUT2D eigenvalue weighted by Crippen LogP contribution is 2.22. The molecular weight excluding hydrogens is 1160 g/mol. The number of carboxylic acid groups (broad SMARTS) is 1. The second kappa shape index (κ2) is 34.6. The number of nitrogens with one attached hydrogen (secondary N) is 11. The number of phenolic OH excluding ortho intramolecular Hbond substituents is 1. The molecule has 17 N–H and O–H groups in total. The lowest BCUT2D eigenvalue weighted by Gasteiger charge is -2.30. The third kappa shape index (κ3) is 22.4. The standard InChI is InChI=1S/C59H82N16O11.C2H4O2/c1-7-63-57(85)48-15-11-23-75(48)58(86)42(14-10-22-64-59(60)61)69-53(81)43(24-32(2)3)71-54(82)44(25-33(4)5)72-55(83)45(26-35-16-18-38(76)19-17-35)70-50(78)34(6)67-52(80)46(27-36-29-65-40-13-9-8-12-39(36)40)73-56(84)47(28-37-30-62-31-66-37)74-51(79)41-20-21-49(77)68-41;1-2(3)4/h8-9,12-13,16-19,29-33,41-48,65,76H,6-7,10-11,14-15,20-28H2,1-5H3,(H,62,66)(H,63,85)(H,67,80)(H,68,77)(H,69,81)(H,70,78)(H,71,82)(H,72,83)(H,73,84)(H,74,79)(H4,60,61,64);1H3,(H,3,4)/t41-,42-,43-,44+,45-,46-,47-,48-;/m0./s1. The zero-order valence-electron chi connectivity index (χ0n) is 51.6. The van der Waals surface area contributed by atoms with E-state index in [1.807, 2.05) is 45.9 Å². The number of carbonyl (C=O) groups is 11. The van der Waals surface area contributed by atoms with Crippen molar-refractivity contribution in [2.24, 2.45) is 28.3 Å². The smallest absolute Gasteiger partial charge is 0.300 e. The van der Waals surface area contributed by atoms with E-state index in [-0.39, 0.29) is 106 Å². The number of carbonyl (C=O) groups excluding carboxylic acids is 10. The van der Waals surface area contributed by atoms with Crippen LogP contribution in [0.5, 0.6) is 5.75 Å². The first-order chi connectivity index (χ1) is 42.7. The highest BCUT2D eigenvalue weighted by atomic mass is 16.4. The summed E-state index contributed by atoms with van der Waals surface area (Å²) in [6.45, 7) is 14.8. The molecule has 2 saturated heterocycles. The van der Waals surface area contributed by atoms with E-state index < -0.39 is 107 Å². The van der Waals surface area contributed by atoms with Crippen LogP contribution in [0.1, 0.15) is 110 Å². The predicted octanol–water partition coefficient (Wildman–Crippen LogP) is -0.194. The van der Waals surface area contributed by atoms with E-state index in [1.54, 1.807) is 19.2 Å². The fourth-order valence-electron chi connectivity index (χ4n) is 10.3. The van der Waals surface area contributed by atoms with Gasteiger partial charge >= 0.3 is 0 Å². The molecule has 4 aromatic rings. The van der Waals surface area contributed by atoms with Crippen molar-refractivity contribution in [1.29, 1.82) is 0 Å². The van der Waals surface area contributed by atoms with E-state index in [1.165, 1.54) is 41.7 Å². The molecule has 2 aliphatic rings. The Bertz CT molecular complexity index is 3190. The van der Waals surface area contributed by atoms with E-state index in [0.29, 0.717) is 36.2 Å². The molecule has 10 amide bonds. The van der Waals surface area contributed by atoms with Crippen LogP contribution in [0.25, 0.3) is 10.9 Å². The molecule has 0 aliphatic carbocycles. The van der Waals surface area contributed by atoms with E-state index in [4.69, 9.17) is 21.4 Å². The number of aliphatic carboxylic acids is 1. The number of aromatic nitrogens is 3. The van der Waals surface area contributed by atoms with Crippen LogP contribution in [0.15, 0.2) is 84.5 Å². The van der Waals surface area contributed by atoms with Crippen LogP contribution in [0.2, 0.25) is 0 Å². The van der Waals surface area contributed by atoms with Gasteiger partial charge in [0.1, 0.15) is 54.1 Å². The Labute approximate surface area is 521 Å². The number of carboxylic acids is 1. The summed E-state index contributed by atoms with van der Waals surface area (Å²) in [5.74, 6) is -8.13. The number of hydrogen-bond donors (Lipinski definition) is 15. The first-order valence-corrected chi connectivity index (χ1v) is 30.0. The minimum absolute atomic E-state index is 0.0609. The number of imidazole rings is 1. The Hall–Kier alpha value is -9.83. The van der Waals surface area contributed by atoms with Gasteiger partial charge in [0.25, 0.3) is 11.9 Å². The maximum Gasteiger partial charge on any atom is 0.300 e. The lowest BCUT2D eigenvalue weighted by molar-refractivity contribution is -0.142. The molecule has 0 spiro atoms. The Morgan fingerprint density at radius 2 is 1.33 bits per heavy atom. The molecule has 488 valence electrons. The van der Waals surface area contributed by atoms with Crippen LogP contribution in [0.3, 0.4) is 0 Å². The number of benzene rings is 2. The lowest BCUT2D eigenvalue weighted by Crippen LogP contribution is -2.60. The monoisotopic (exact) mass is 1250 g/mol. The third-order valence-electron chi connectivity index (χ3n) is 14.6. The summed E-state index contributed by atoms with van der Waals surface area (Å²) in [4.78, 5) is 164. The largest absolute Gasteiger partial charge is 0.508 e. The van der Waals surface area contributed by atoms with Crippen molar-refractivity contribution in [2.75, 3.05) is 19.6 Å². The molecule has 0 bridgehead atoms. The van der Waals surface area contributed by atoms with Gasteiger partial charge in [0.05, 0.1) is 12.0 Å². The maximum absolute atomic E-state index is 14.6. The van der Waals surface area contributed by atoms with Gasteiger partial charge in [-0.2, -0.15) is 0 Å². The molecule has 0 radical (unpaired) electrons. The van der Waals surface area contributed by atoms with Gasteiger partial charge in [-0.1, -0.05) is 64.6 Å². The summed E-state index contributed by atoms with van der Waals surface area (Å²) in [5.41, 5.74) is 12.9. The van der Waals surface area contributed by atoms with Crippen molar-refractivity contribution in [3.05, 3.63) is 96.3 Å². The zero-order chi connectivity index (χ0) is 66.2. The number of nitrogens with zero attached hydrogens (tertiary/aromatic N) is 3. The van der Waals surface area contributed by atoms with Crippen LogP contribution in [0, 0.1) is 11.8 Å². The number of nitrogens with two attached hydrogens (primary N) is 2. The highest BCUT2D eigenvalue weighted by molar-refractivity contribution is 6.02. The summed E-state index contributed by atoms with van der Waals surface area (Å²) in [6, 6.07) is 3.66. The van der Waals surface area contributed by atoms with E-state index in [0.717, 1.165) is 17.8 Å². The Balaban J connectivity index is 0.00000357. The number of guanidine groups is 1. The molecule has 2 aromatic heterocycles. The lowest BCUT2D eigenvalue weighted by atomic mass is 9.98. The summed E-state index contributed by atoms with van der Waals surface area (Å²) >= 11 is 0. The predicted molar refractivity (Wildman–Crippen MR) is 332 cm³/mol. The summed E-state index contributed by atoms with van der Waals surface area (Å²) in [5, 5.41) is 42.6. The van der Waals surface area contributed by atoms with E-state index in [2.05, 4.69) is 74.4 Å². The van der Waals surface area contributed by atoms with Gasteiger partial charge in [-0.05, 0) is 93.0 Å². The van der Waals surface area contributed by atoms with Gasteiger partial charge in [-0.15, -0.1) is 0 Å². The van der Waals surface area contributed by atoms with Crippen LogP contribution in [0.4, 0.5) is 0 Å². The van der Waals surface area contributed by atoms with E-state index in [9.17, 15) is 53.1 Å². The molecule has 2 aliphatic heterocycles. The molecule has 6 rings (SSSR count). The van der Waals surface area contributed by atoms with Crippen molar-refractivity contribution in [3.63, 3.8) is 0 Å². The quantitative estimate of drug-likeness (QED) is 0.0134. The Morgan fingerprint density at radius 3 is 1.91 bits per heavy atom. The molecule has 0 saturated carbocycles. The minimum Gasteiger partial charge on any atom is -0.508 e.